The van der Waals surface area contributed by atoms with Crippen molar-refractivity contribution >= 4 is 5.91 Å². The number of amides is 1. The number of rotatable bonds is 17. The number of ether oxygens (including phenoxy) is 1. The first-order valence-electron chi connectivity index (χ1n) is 15.3. The van der Waals surface area contributed by atoms with E-state index in [1.54, 1.807) is 0 Å². The molecule has 0 aliphatic rings. The van der Waals surface area contributed by atoms with E-state index < -0.39 is 0 Å². The largest absolute Gasteiger partial charge is 0.484 e. The lowest BCUT2D eigenvalue weighted by Gasteiger charge is -2.09. The third-order valence-electron chi connectivity index (χ3n) is 7.52. The van der Waals surface area contributed by atoms with Gasteiger partial charge in [-0.2, -0.15) is 0 Å². The summed E-state index contributed by atoms with van der Waals surface area (Å²) in [6.07, 6.45) is 12.9. The minimum absolute atomic E-state index is 0.0236. The molecule has 0 aliphatic carbocycles. The molecule has 1 amide bonds. The van der Waals surface area contributed by atoms with Crippen LogP contribution in [-0.2, 0) is 11.8 Å². The van der Waals surface area contributed by atoms with E-state index in [4.69, 9.17) is 9.72 Å². The third kappa shape index (κ3) is 9.07. The van der Waals surface area contributed by atoms with E-state index >= 15 is 0 Å². The topological polar surface area (TPSA) is 56.1 Å². The molecule has 1 heterocycles. The van der Waals surface area contributed by atoms with Gasteiger partial charge in [-0.05, 0) is 30.7 Å². The van der Waals surface area contributed by atoms with Crippen LogP contribution in [0.1, 0.15) is 71.1 Å². The lowest BCUT2D eigenvalue weighted by molar-refractivity contribution is -0.123. The Morgan fingerprint density at radius 3 is 1.88 bits per heavy atom. The minimum atomic E-state index is -0.0749. The fraction of sp³-hybridized carbons (Fsp3) is 0.389. The van der Waals surface area contributed by atoms with E-state index in [-0.39, 0.29) is 12.5 Å². The number of unbranched alkanes of at least 4 members (excludes halogenated alkanes) is 9. The first-order chi connectivity index (χ1) is 20.2. The highest BCUT2D eigenvalue weighted by Gasteiger charge is 2.19. The first-order valence-corrected chi connectivity index (χ1v) is 15.3. The van der Waals surface area contributed by atoms with Gasteiger partial charge in [-0.1, -0.05) is 125 Å². The number of nitrogens with one attached hydrogen (secondary N) is 1. The fourth-order valence-corrected chi connectivity index (χ4v) is 5.22. The van der Waals surface area contributed by atoms with Crippen LogP contribution in [0.4, 0.5) is 0 Å². The molecule has 1 aromatic heterocycles. The van der Waals surface area contributed by atoms with Gasteiger partial charge in [-0.15, -0.1) is 0 Å². The van der Waals surface area contributed by atoms with E-state index in [0.29, 0.717) is 12.3 Å². The Labute approximate surface area is 246 Å². The molecule has 4 rings (SSSR count). The van der Waals surface area contributed by atoms with Crippen molar-refractivity contribution in [2.75, 3.05) is 13.2 Å². The van der Waals surface area contributed by atoms with Gasteiger partial charge < -0.3 is 14.6 Å². The molecule has 0 atom stereocenters. The van der Waals surface area contributed by atoms with Crippen LogP contribution in [-0.4, -0.2) is 28.6 Å². The minimum Gasteiger partial charge on any atom is -0.484 e. The quantitative estimate of drug-likeness (QED) is 0.133. The van der Waals surface area contributed by atoms with Crippen molar-refractivity contribution in [3.8, 4) is 39.7 Å². The summed E-state index contributed by atoms with van der Waals surface area (Å²) in [7, 11) is 2.06. The number of carbonyl (C=O) groups is 1. The Bertz CT molecular complexity index is 1310. The highest BCUT2D eigenvalue weighted by molar-refractivity contribution is 5.82. The normalized spacial score (nSPS) is 11.0. The number of hydrogen-bond acceptors (Lipinski definition) is 3. The molecule has 3 aromatic carbocycles. The zero-order valence-electron chi connectivity index (χ0n) is 24.8. The van der Waals surface area contributed by atoms with Gasteiger partial charge in [-0.3, -0.25) is 4.79 Å². The maximum atomic E-state index is 12.3. The van der Waals surface area contributed by atoms with Gasteiger partial charge in [0.15, 0.2) is 6.61 Å². The van der Waals surface area contributed by atoms with Crippen molar-refractivity contribution in [1.29, 1.82) is 0 Å². The number of hydrogen-bond donors (Lipinski definition) is 1. The van der Waals surface area contributed by atoms with Crippen molar-refractivity contribution in [1.82, 2.24) is 14.9 Å². The second-order valence-electron chi connectivity index (χ2n) is 10.8. The summed E-state index contributed by atoms with van der Waals surface area (Å²) in [5.41, 5.74) is 5.22. The summed E-state index contributed by atoms with van der Waals surface area (Å²) >= 11 is 0. The standard InChI is InChI=1S/C36H45N3O2/c1-3-4-5-6-7-8-9-10-11-18-27-37-33(40)28-41-32-25-23-31(24-26-32)36-38-34(29-19-14-12-15-20-29)35(39(36)2)30-21-16-13-17-22-30/h12-17,19-26H,3-11,18,27-28H2,1-2H3,(H,37,40). The van der Waals surface area contributed by atoms with Crippen LogP contribution >= 0.6 is 0 Å². The number of benzene rings is 3. The van der Waals surface area contributed by atoms with E-state index in [0.717, 1.165) is 40.3 Å². The van der Waals surface area contributed by atoms with E-state index in [1.807, 2.05) is 48.5 Å². The molecule has 41 heavy (non-hydrogen) atoms. The summed E-state index contributed by atoms with van der Waals surface area (Å²) in [6.45, 7) is 2.99. The van der Waals surface area contributed by atoms with Crippen LogP contribution in [0.5, 0.6) is 5.75 Å². The van der Waals surface area contributed by atoms with Crippen molar-refractivity contribution in [2.45, 2.75) is 71.1 Å². The van der Waals surface area contributed by atoms with Crippen LogP contribution in [0.25, 0.3) is 33.9 Å². The van der Waals surface area contributed by atoms with E-state index in [1.165, 1.54) is 57.8 Å². The van der Waals surface area contributed by atoms with Gasteiger partial charge in [0.1, 0.15) is 11.6 Å². The fourth-order valence-electron chi connectivity index (χ4n) is 5.22. The van der Waals surface area contributed by atoms with Gasteiger partial charge in [0.2, 0.25) is 0 Å². The Hall–Kier alpha value is -3.86. The van der Waals surface area contributed by atoms with Crippen LogP contribution in [0, 0.1) is 0 Å². The number of aromatic nitrogens is 2. The molecule has 216 valence electrons. The van der Waals surface area contributed by atoms with Gasteiger partial charge in [-0.25, -0.2) is 4.98 Å². The SMILES string of the molecule is CCCCCCCCCCCCNC(=O)COc1ccc(-c2nc(-c3ccccc3)c(-c3ccccc3)n2C)cc1. The predicted octanol–water partition coefficient (Wildman–Crippen LogP) is 8.84. The second kappa shape index (κ2) is 16.4. The van der Waals surface area contributed by atoms with Crippen molar-refractivity contribution in [3.05, 3.63) is 84.9 Å². The first kappa shape index (κ1) is 30.1. The maximum absolute atomic E-state index is 12.3. The van der Waals surface area contributed by atoms with Gasteiger partial charge in [0.25, 0.3) is 5.91 Å². The summed E-state index contributed by atoms with van der Waals surface area (Å²) in [6, 6.07) is 28.5. The molecule has 0 fully saturated rings. The average Bonchev–Trinajstić information content (AvgIpc) is 3.36. The summed E-state index contributed by atoms with van der Waals surface area (Å²) in [5.74, 6) is 1.47. The maximum Gasteiger partial charge on any atom is 0.257 e. The Balaban J connectivity index is 1.26. The Morgan fingerprint density at radius 2 is 1.27 bits per heavy atom. The van der Waals surface area contributed by atoms with Crippen LogP contribution in [0.15, 0.2) is 84.9 Å². The zero-order valence-corrected chi connectivity index (χ0v) is 24.8. The number of nitrogens with zero attached hydrogens (tertiary/aromatic N) is 2. The zero-order chi connectivity index (χ0) is 28.7. The highest BCUT2D eigenvalue weighted by atomic mass is 16.5. The van der Waals surface area contributed by atoms with Crippen LogP contribution < -0.4 is 10.1 Å². The average molecular weight is 552 g/mol. The van der Waals surface area contributed by atoms with E-state index in [2.05, 4.69) is 60.3 Å². The van der Waals surface area contributed by atoms with Gasteiger partial charge in [0.05, 0.1) is 11.4 Å². The third-order valence-corrected chi connectivity index (χ3v) is 7.52. The lowest BCUT2D eigenvalue weighted by atomic mass is 10.1. The summed E-state index contributed by atoms with van der Waals surface area (Å²) in [4.78, 5) is 17.3. The molecule has 4 aromatic rings. The molecule has 0 bridgehead atoms. The molecular formula is C36H45N3O2. The Morgan fingerprint density at radius 1 is 0.707 bits per heavy atom. The van der Waals surface area contributed by atoms with E-state index in [9.17, 15) is 4.79 Å². The van der Waals surface area contributed by atoms with Crippen LogP contribution in [0.3, 0.4) is 0 Å². The molecule has 0 aliphatic heterocycles. The second-order valence-corrected chi connectivity index (χ2v) is 10.8. The summed E-state index contributed by atoms with van der Waals surface area (Å²) in [5, 5.41) is 2.99. The van der Waals surface area contributed by atoms with Crippen molar-refractivity contribution in [2.24, 2.45) is 7.05 Å². The lowest BCUT2D eigenvalue weighted by Crippen LogP contribution is -2.29. The molecular weight excluding hydrogens is 506 g/mol. The van der Waals surface area contributed by atoms with Crippen LogP contribution in [0.2, 0.25) is 0 Å². The molecule has 0 unspecified atom stereocenters. The number of carbonyl (C=O) groups excluding carboxylic acids is 1. The van der Waals surface area contributed by atoms with Gasteiger partial charge in [0, 0.05) is 30.3 Å². The molecule has 0 spiro atoms. The van der Waals surface area contributed by atoms with Crippen molar-refractivity contribution < 1.29 is 9.53 Å². The monoisotopic (exact) mass is 551 g/mol. The molecule has 1 N–H and O–H groups in total. The highest BCUT2D eigenvalue weighted by Crippen LogP contribution is 2.35. The molecule has 5 nitrogen and oxygen atoms in total. The predicted molar refractivity (Wildman–Crippen MR) is 170 cm³/mol. The van der Waals surface area contributed by atoms with Crippen molar-refractivity contribution in [3.63, 3.8) is 0 Å². The molecule has 5 heteroatoms. The molecule has 0 radical (unpaired) electrons. The smallest absolute Gasteiger partial charge is 0.257 e. The number of imidazole rings is 1. The molecule has 0 saturated heterocycles. The Kier molecular flexibility index (Phi) is 12.1. The summed E-state index contributed by atoms with van der Waals surface area (Å²) < 4.78 is 7.92. The molecule has 0 saturated carbocycles. The van der Waals surface area contributed by atoms with Gasteiger partial charge >= 0.3 is 0 Å².